The van der Waals surface area contributed by atoms with Gasteiger partial charge in [-0.25, -0.2) is 0 Å². The molecule has 0 aromatic heterocycles. The third-order valence-corrected chi connectivity index (χ3v) is 3.92. The summed E-state index contributed by atoms with van der Waals surface area (Å²) in [5.41, 5.74) is 0. The van der Waals surface area contributed by atoms with Crippen LogP contribution in [-0.4, -0.2) is 66.7 Å². The zero-order valence-corrected chi connectivity index (χ0v) is 14.3. The Hall–Kier alpha value is -1.25. The van der Waals surface area contributed by atoms with Crippen LogP contribution in [-0.2, 0) is 28.5 Å². The summed E-state index contributed by atoms with van der Waals surface area (Å²) in [6.45, 7) is 12.5. The van der Waals surface area contributed by atoms with Crippen LogP contribution in [0.25, 0.3) is 0 Å². The fourth-order valence-corrected chi connectivity index (χ4v) is 3.16. The van der Waals surface area contributed by atoms with Gasteiger partial charge in [-0.3, -0.25) is 4.79 Å². The Bertz CT molecular complexity index is 476. The zero-order chi connectivity index (χ0) is 17.9. The van der Waals surface area contributed by atoms with Gasteiger partial charge in [-0.1, -0.05) is 12.2 Å². The highest BCUT2D eigenvalue weighted by atomic mass is 16.8. The van der Waals surface area contributed by atoms with E-state index in [-0.39, 0.29) is 13.2 Å². The summed E-state index contributed by atoms with van der Waals surface area (Å²) in [6, 6.07) is 0. The Kier molecular flexibility index (Phi) is 6.17. The van der Waals surface area contributed by atoms with E-state index in [4.69, 9.17) is 23.7 Å². The molecule has 1 saturated carbocycles. The van der Waals surface area contributed by atoms with Gasteiger partial charge in [-0.05, 0) is 13.8 Å². The average molecular weight is 342 g/mol. The molecule has 0 aromatic rings. The summed E-state index contributed by atoms with van der Waals surface area (Å²) < 4.78 is 28.6. The van der Waals surface area contributed by atoms with Crippen molar-refractivity contribution in [1.29, 1.82) is 0 Å². The number of hydrogen-bond acceptors (Lipinski definition) is 7. The van der Waals surface area contributed by atoms with E-state index < -0.39 is 48.4 Å². The maximum Gasteiger partial charge on any atom is 0.303 e. The summed E-state index contributed by atoms with van der Waals surface area (Å²) in [6.07, 6.45) is -1.45. The molecule has 24 heavy (non-hydrogen) atoms. The minimum atomic E-state index is -1.12. The predicted octanol–water partition coefficient (Wildman–Crippen LogP) is 0.955. The van der Waals surface area contributed by atoms with Crippen molar-refractivity contribution in [3.8, 4) is 0 Å². The molecule has 2 aliphatic rings. The van der Waals surface area contributed by atoms with Crippen molar-refractivity contribution in [3.05, 3.63) is 25.3 Å². The number of hydrogen-bond donors (Lipinski definition) is 1. The number of esters is 1. The van der Waals surface area contributed by atoms with Gasteiger partial charge in [0.25, 0.3) is 0 Å². The van der Waals surface area contributed by atoms with Crippen LogP contribution in [0.5, 0.6) is 0 Å². The topological polar surface area (TPSA) is 83.5 Å². The van der Waals surface area contributed by atoms with E-state index in [1.165, 1.54) is 6.92 Å². The summed E-state index contributed by atoms with van der Waals surface area (Å²) in [7, 11) is 0. The van der Waals surface area contributed by atoms with Gasteiger partial charge < -0.3 is 28.8 Å². The number of fused-ring (bicyclic) bond motifs is 1. The van der Waals surface area contributed by atoms with Crippen molar-refractivity contribution in [1.82, 2.24) is 0 Å². The molecule has 2 fully saturated rings. The lowest BCUT2D eigenvalue weighted by Gasteiger charge is -2.44. The van der Waals surface area contributed by atoms with Crippen molar-refractivity contribution in [3.63, 3.8) is 0 Å². The molecule has 1 N–H and O–H groups in total. The first kappa shape index (κ1) is 19.1. The molecule has 1 saturated heterocycles. The number of aliphatic hydroxyl groups excluding tert-OH is 1. The highest BCUT2D eigenvalue weighted by molar-refractivity contribution is 5.66. The van der Waals surface area contributed by atoms with E-state index in [9.17, 15) is 9.90 Å². The van der Waals surface area contributed by atoms with E-state index in [0.717, 1.165) is 0 Å². The lowest BCUT2D eigenvalue weighted by molar-refractivity contribution is -0.225. The Morgan fingerprint density at radius 3 is 2.08 bits per heavy atom. The molecular formula is C17H26O7. The molecule has 1 aliphatic carbocycles. The summed E-state index contributed by atoms with van der Waals surface area (Å²) in [4.78, 5) is 11.5. The van der Waals surface area contributed by atoms with E-state index in [0.29, 0.717) is 0 Å². The van der Waals surface area contributed by atoms with Crippen LogP contribution in [0, 0.1) is 0 Å². The van der Waals surface area contributed by atoms with Gasteiger partial charge in [-0.15, -0.1) is 13.2 Å². The fraction of sp³-hybridized carbons (Fsp3) is 0.706. The van der Waals surface area contributed by atoms with Crippen molar-refractivity contribution in [2.45, 2.75) is 63.2 Å². The van der Waals surface area contributed by atoms with Crippen LogP contribution in [0.2, 0.25) is 0 Å². The van der Waals surface area contributed by atoms with Gasteiger partial charge in [-0.2, -0.15) is 0 Å². The Morgan fingerprint density at radius 1 is 1.08 bits per heavy atom. The molecule has 1 aliphatic heterocycles. The van der Waals surface area contributed by atoms with E-state index in [2.05, 4.69) is 13.2 Å². The standard InChI is InChI=1S/C17H26O7/c1-6-8-20-12-11(19)13(22-10(3)18)14(21-9-7-2)16-15(12)23-17(4,5)24-16/h6-7,11-16,19H,1-2,8-9H2,3-5H3/t11-,12-,13+,14-,15-,16+/m0/s1. The number of rotatable bonds is 7. The quantitative estimate of drug-likeness (QED) is 0.545. The smallest absolute Gasteiger partial charge is 0.303 e. The van der Waals surface area contributed by atoms with Gasteiger partial charge in [0.15, 0.2) is 11.9 Å². The maximum atomic E-state index is 11.5. The third-order valence-electron chi connectivity index (χ3n) is 3.92. The summed E-state index contributed by atoms with van der Waals surface area (Å²) in [5, 5.41) is 10.7. The van der Waals surface area contributed by atoms with Gasteiger partial charge in [0, 0.05) is 6.92 Å². The lowest BCUT2D eigenvalue weighted by Crippen LogP contribution is -2.65. The monoisotopic (exact) mass is 342 g/mol. The van der Waals surface area contributed by atoms with E-state index >= 15 is 0 Å². The average Bonchev–Trinajstić information content (AvgIpc) is 2.81. The van der Waals surface area contributed by atoms with E-state index in [1.807, 2.05) is 0 Å². The number of carbonyl (C=O) groups is 1. The van der Waals surface area contributed by atoms with Gasteiger partial charge in [0.2, 0.25) is 0 Å². The maximum absolute atomic E-state index is 11.5. The van der Waals surface area contributed by atoms with Crippen molar-refractivity contribution >= 4 is 5.97 Å². The number of aliphatic hydroxyl groups is 1. The first-order valence-electron chi connectivity index (χ1n) is 7.96. The first-order valence-corrected chi connectivity index (χ1v) is 7.96. The predicted molar refractivity (Wildman–Crippen MR) is 85.3 cm³/mol. The van der Waals surface area contributed by atoms with Gasteiger partial charge in [0.1, 0.15) is 30.5 Å². The zero-order valence-electron chi connectivity index (χ0n) is 14.3. The molecule has 0 amide bonds. The molecule has 6 atom stereocenters. The van der Waals surface area contributed by atoms with E-state index in [1.54, 1.807) is 26.0 Å². The largest absolute Gasteiger partial charge is 0.457 e. The van der Waals surface area contributed by atoms with Crippen LogP contribution in [0.3, 0.4) is 0 Å². The van der Waals surface area contributed by atoms with Gasteiger partial charge >= 0.3 is 5.97 Å². The van der Waals surface area contributed by atoms with Crippen LogP contribution in [0.15, 0.2) is 25.3 Å². The van der Waals surface area contributed by atoms with Crippen molar-refractivity contribution in [2.75, 3.05) is 13.2 Å². The highest BCUT2D eigenvalue weighted by Crippen LogP contribution is 2.40. The fourth-order valence-electron chi connectivity index (χ4n) is 3.16. The molecule has 0 spiro atoms. The minimum absolute atomic E-state index is 0.222. The van der Waals surface area contributed by atoms with Crippen LogP contribution >= 0.6 is 0 Å². The highest BCUT2D eigenvalue weighted by Gasteiger charge is 2.60. The molecular weight excluding hydrogens is 316 g/mol. The Morgan fingerprint density at radius 2 is 1.58 bits per heavy atom. The molecule has 2 rings (SSSR count). The second kappa shape index (κ2) is 7.76. The Labute approximate surface area is 142 Å². The van der Waals surface area contributed by atoms with Crippen LogP contribution in [0.1, 0.15) is 20.8 Å². The molecule has 0 bridgehead atoms. The minimum Gasteiger partial charge on any atom is -0.457 e. The molecule has 7 heteroatoms. The second-order valence-corrected chi connectivity index (χ2v) is 6.30. The SMILES string of the molecule is C=CCO[C@@H]1[C@H]2OC(C)(C)O[C@H]2[C@@H](OCC=C)[C@H](O)[C@H]1OC(C)=O. The summed E-state index contributed by atoms with van der Waals surface area (Å²) in [5.74, 6) is -1.39. The first-order chi connectivity index (χ1) is 11.3. The molecule has 7 nitrogen and oxygen atoms in total. The van der Waals surface area contributed by atoms with Crippen molar-refractivity contribution < 1.29 is 33.6 Å². The molecule has 0 radical (unpaired) electrons. The number of carbonyl (C=O) groups excluding carboxylic acids is 1. The molecule has 1 heterocycles. The molecule has 0 aromatic carbocycles. The lowest BCUT2D eigenvalue weighted by atomic mass is 9.84. The van der Waals surface area contributed by atoms with Crippen LogP contribution < -0.4 is 0 Å². The second-order valence-electron chi connectivity index (χ2n) is 6.30. The molecule has 136 valence electrons. The third kappa shape index (κ3) is 4.04. The number of ether oxygens (including phenoxy) is 5. The van der Waals surface area contributed by atoms with Gasteiger partial charge in [0.05, 0.1) is 13.2 Å². The Balaban J connectivity index is 2.32. The van der Waals surface area contributed by atoms with Crippen molar-refractivity contribution in [2.24, 2.45) is 0 Å². The molecule has 0 unspecified atom stereocenters. The van der Waals surface area contributed by atoms with Crippen LogP contribution in [0.4, 0.5) is 0 Å². The normalized spacial score (nSPS) is 37.5. The summed E-state index contributed by atoms with van der Waals surface area (Å²) >= 11 is 0.